The topological polar surface area (TPSA) is 119 Å². The van der Waals surface area contributed by atoms with Gasteiger partial charge in [-0.3, -0.25) is 9.59 Å². The van der Waals surface area contributed by atoms with Gasteiger partial charge in [0.1, 0.15) is 28.6 Å². The minimum absolute atomic E-state index is 0.121. The van der Waals surface area contributed by atoms with Crippen LogP contribution in [0, 0.1) is 5.92 Å². The van der Waals surface area contributed by atoms with Gasteiger partial charge >= 0.3 is 5.97 Å². The third-order valence-electron chi connectivity index (χ3n) is 8.92. The number of esters is 1. The number of carbonyl (C=O) groups excluding carboxylic acids is 3. The molecule has 3 aromatic rings. The summed E-state index contributed by atoms with van der Waals surface area (Å²) in [5.74, 6) is -0.681. The maximum atomic E-state index is 14.6. The highest BCUT2D eigenvalue weighted by atomic mass is 16.6. The fourth-order valence-electron chi connectivity index (χ4n) is 7.10. The Hall–Kier alpha value is -4.86. The smallest absolute Gasteiger partial charge is 0.343 e. The standard InChI is InChI=1S/C34H33NO9/c1-7-8-9-10-19-14-18-13-17-11-12-34(27(17)30(42-5)24(18)32(35-19)43-6)23(36)15-20(31(34)37)28-26-25(33(38)44-28)21(39-2)16-22(40-3)29(26)41-4/h7-10,13-14,16,20,28H,11-12,15H2,1-6H3/b8-7+,10-9+. The third-order valence-corrected chi connectivity index (χ3v) is 8.92. The molecule has 3 atom stereocenters. The zero-order chi connectivity index (χ0) is 31.3. The lowest BCUT2D eigenvalue weighted by molar-refractivity contribution is -0.131. The highest BCUT2D eigenvalue weighted by molar-refractivity contribution is 6.21. The van der Waals surface area contributed by atoms with Gasteiger partial charge in [-0.25, -0.2) is 9.78 Å². The van der Waals surface area contributed by atoms with Gasteiger partial charge in [0.2, 0.25) is 5.88 Å². The molecule has 1 fully saturated rings. The monoisotopic (exact) mass is 599 g/mol. The van der Waals surface area contributed by atoms with Gasteiger partial charge in [0.05, 0.1) is 58.1 Å². The van der Waals surface area contributed by atoms with E-state index in [0.29, 0.717) is 46.0 Å². The molecule has 1 saturated carbocycles. The Balaban J connectivity index is 1.51. The molecule has 44 heavy (non-hydrogen) atoms. The Morgan fingerprint density at radius 2 is 1.66 bits per heavy atom. The number of ether oxygens (including phenoxy) is 6. The molecule has 0 radical (unpaired) electrons. The van der Waals surface area contributed by atoms with Crippen molar-refractivity contribution >= 4 is 34.4 Å². The van der Waals surface area contributed by atoms with Crippen LogP contribution in [-0.4, -0.2) is 58.1 Å². The Labute approximate surface area is 254 Å². The molecule has 0 N–H and O–H groups in total. The van der Waals surface area contributed by atoms with Crippen molar-refractivity contribution in [1.82, 2.24) is 4.98 Å². The molecule has 228 valence electrons. The molecule has 1 aliphatic heterocycles. The van der Waals surface area contributed by atoms with Crippen LogP contribution in [0.5, 0.6) is 28.9 Å². The molecule has 0 saturated heterocycles. The van der Waals surface area contributed by atoms with E-state index in [1.807, 2.05) is 43.4 Å². The number of hydrogen-bond acceptors (Lipinski definition) is 10. The third kappa shape index (κ3) is 4.00. The number of cyclic esters (lactones) is 1. The fourth-order valence-corrected chi connectivity index (χ4v) is 7.10. The van der Waals surface area contributed by atoms with Crippen LogP contribution in [0.2, 0.25) is 0 Å². The largest absolute Gasteiger partial charge is 0.496 e. The summed E-state index contributed by atoms with van der Waals surface area (Å²) >= 11 is 0. The van der Waals surface area contributed by atoms with E-state index in [1.54, 1.807) is 0 Å². The van der Waals surface area contributed by atoms with Gasteiger partial charge in [0.15, 0.2) is 23.1 Å². The molecule has 1 aromatic heterocycles. The van der Waals surface area contributed by atoms with E-state index in [1.165, 1.54) is 41.6 Å². The van der Waals surface area contributed by atoms with Gasteiger partial charge in [-0.15, -0.1) is 0 Å². The Bertz CT molecular complexity index is 1790. The summed E-state index contributed by atoms with van der Waals surface area (Å²) in [6, 6.07) is 5.45. The van der Waals surface area contributed by atoms with E-state index >= 15 is 0 Å². The molecular formula is C34H33NO9. The number of nitrogens with zero attached hydrogens (tertiary/aromatic N) is 1. The van der Waals surface area contributed by atoms with Crippen molar-refractivity contribution in [3.05, 3.63) is 64.4 Å². The van der Waals surface area contributed by atoms with Crippen molar-refractivity contribution in [2.24, 2.45) is 5.92 Å². The van der Waals surface area contributed by atoms with Gasteiger partial charge in [0.25, 0.3) is 0 Å². The second kappa shape index (κ2) is 11.0. The van der Waals surface area contributed by atoms with Crippen molar-refractivity contribution in [3.63, 3.8) is 0 Å². The number of aryl methyl sites for hydroxylation is 1. The number of hydrogen-bond donors (Lipinski definition) is 0. The van der Waals surface area contributed by atoms with Crippen molar-refractivity contribution in [2.45, 2.75) is 37.7 Å². The fraction of sp³-hybridized carbons (Fsp3) is 0.353. The molecule has 2 aromatic carbocycles. The normalized spacial score (nSPS) is 22.3. The first-order valence-electron chi connectivity index (χ1n) is 14.3. The minimum Gasteiger partial charge on any atom is -0.496 e. The molecule has 6 rings (SSSR count). The summed E-state index contributed by atoms with van der Waals surface area (Å²) in [4.78, 5) is 46.6. The quantitative estimate of drug-likeness (QED) is 0.196. The number of methoxy groups -OCH3 is 5. The van der Waals surface area contributed by atoms with Crippen molar-refractivity contribution in [3.8, 4) is 28.9 Å². The summed E-state index contributed by atoms with van der Waals surface area (Å²) in [6.45, 7) is 1.93. The van der Waals surface area contributed by atoms with Crippen LogP contribution < -0.4 is 23.7 Å². The minimum atomic E-state index is -1.47. The lowest BCUT2D eigenvalue weighted by Gasteiger charge is -2.26. The van der Waals surface area contributed by atoms with Gasteiger partial charge < -0.3 is 28.4 Å². The number of carbonyl (C=O) groups is 3. The zero-order valence-electron chi connectivity index (χ0n) is 25.4. The van der Waals surface area contributed by atoms with E-state index in [9.17, 15) is 14.4 Å². The number of benzene rings is 2. The molecule has 1 spiro atoms. The number of aromatic nitrogens is 1. The van der Waals surface area contributed by atoms with E-state index < -0.39 is 23.4 Å². The molecule has 2 aliphatic carbocycles. The summed E-state index contributed by atoms with van der Waals surface area (Å²) in [7, 11) is 7.37. The number of pyridine rings is 1. The summed E-state index contributed by atoms with van der Waals surface area (Å²) in [5.41, 5.74) is 1.09. The highest BCUT2D eigenvalue weighted by Gasteiger charge is 2.63. The number of Topliss-reactive ketones (excluding diaryl/α,β-unsaturated/α-hetero) is 2. The Kier molecular flexibility index (Phi) is 7.31. The lowest BCUT2D eigenvalue weighted by atomic mass is 9.75. The molecule has 0 bridgehead atoms. The maximum absolute atomic E-state index is 14.6. The van der Waals surface area contributed by atoms with Crippen LogP contribution in [0.15, 0.2) is 36.4 Å². The van der Waals surface area contributed by atoms with E-state index in [-0.39, 0.29) is 41.5 Å². The molecule has 0 amide bonds. The van der Waals surface area contributed by atoms with Crippen LogP contribution in [0.25, 0.3) is 16.8 Å². The van der Waals surface area contributed by atoms with E-state index in [2.05, 4.69) is 4.98 Å². The number of rotatable bonds is 8. The first-order valence-corrected chi connectivity index (χ1v) is 14.3. The summed E-state index contributed by atoms with van der Waals surface area (Å²) < 4.78 is 34.1. The second-order valence-corrected chi connectivity index (χ2v) is 10.9. The number of fused-ring (bicyclic) bond motifs is 4. The van der Waals surface area contributed by atoms with Gasteiger partial charge in [-0.05, 0) is 42.9 Å². The van der Waals surface area contributed by atoms with Crippen LogP contribution in [0.4, 0.5) is 0 Å². The molecule has 10 heteroatoms. The highest BCUT2D eigenvalue weighted by Crippen LogP contribution is 2.58. The first kappa shape index (κ1) is 29.2. The first-order chi connectivity index (χ1) is 21.3. The molecule has 3 aliphatic rings. The average Bonchev–Trinajstić information content (AvgIpc) is 3.67. The SMILES string of the molecule is C/C=C/C=C/c1cc2cc3c(c(OC)c2c(OC)n1)C1(CC3)C(=O)CC(C2OC(=O)c3c(OC)cc(OC)c(OC)c32)C1=O. The molecule has 2 heterocycles. The van der Waals surface area contributed by atoms with Crippen molar-refractivity contribution in [1.29, 1.82) is 0 Å². The van der Waals surface area contributed by atoms with Gasteiger partial charge in [-0.2, -0.15) is 0 Å². The molecular weight excluding hydrogens is 566 g/mol. The zero-order valence-corrected chi connectivity index (χ0v) is 25.4. The van der Waals surface area contributed by atoms with Crippen molar-refractivity contribution in [2.75, 3.05) is 35.5 Å². The number of ketones is 2. The van der Waals surface area contributed by atoms with Gasteiger partial charge in [0, 0.05) is 18.1 Å². The summed E-state index contributed by atoms with van der Waals surface area (Å²) in [5, 5.41) is 1.40. The molecule has 10 nitrogen and oxygen atoms in total. The van der Waals surface area contributed by atoms with E-state index in [4.69, 9.17) is 28.4 Å². The number of allylic oxidation sites excluding steroid dienone is 3. The lowest BCUT2D eigenvalue weighted by Crippen LogP contribution is -2.38. The van der Waals surface area contributed by atoms with Crippen molar-refractivity contribution < 1.29 is 42.8 Å². The predicted molar refractivity (Wildman–Crippen MR) is 161 cm³/mol. The Morgan fingerprint density at radius 3 is 2.32 bits per heavy atom. The van der Waals surface area contributed by atoms with Crippen LogP contribution in [0.3, 0.4) is 0 Å². The van der Waals surface area contributed by atoms with Crippen LogP contribution >= 0.6 is 0 Å². The van der Waals surface area contributed by atoms with Crippen LogP contribution in [0.1, 0.15) is 58.6 Å². The Morgan fingerprint density at radius 1 is 0.909 bits per heavy atom. The predicted octanol–water partition coefficient (Wildman–Crippen LogP) is 5.12. The van der Waals surface area contributed by atoms with Gasteiger partial charge in [-0.1, -0.05) is 24.3 Å². The van der Waals surface area contributed by atoms with Crippen LogP contribution in [-0.2, 0) is 26.2 Å². The average molecular weight is 600 g/mol. The second-order valence-electron chi connectivity index (χ2n) is 10.9. The summed E-state index contributed by atoms with van der Waals surface area (Å²) in [6.07, 6.45) is 7.16. The maximum Gasteiger partial charge on any atom is 0.343 e. The molecule has 3 unspecified atom stereocenters. The van der Waals surface area contributed by atoms with E-state index in [0.717, 1.165) is 10.9 Å².